The highest BCUT2D eigenvalue weighted by atomic mass is 16.6. The van der Waals surface area contributed by atoms with E-state index in [0.717, 1.165) is 19.8 Å². The van der Waals surface area contributed by atoms with Crippen molar-refractivity contribution in [1.29, 1.82) is 0 Å². The Morgan fingerprint density at radius 1 is 1.70 bits per heavy atom. The van der Waals surface area contributed by atoms with Gasteiger partial charge in [-0.3, -0.25) is 20.0 Å². The van der Waals surface area contributed by atoms with Crippen molar-refractivity contribution < 1.29 is 9.66 Å². The molecule has 0 aliphatic carbocycles. The highest BCUT2D eigenvalue weighted by Gasteiger charge is 2.24. The third-order valence-electron chi connectivity index (χ3n) is 3.57. The first-order valence-corrected chi connectivity index (χ1v) is 6.75. The van der Waals surface area contributed by atoms with Crippen LogP contribution in [0.1, 0.15) is 13.8 Å². The fourth-order valence-corrected chi connectivity index (χ4v) is 2.45. The number of nitrogens with one attached hydrogen (secondary N) is 1. The fourth-order valence-electron chi connectivity index (χ4n) is 2.45. The summed E-state index contributed by atoms with van der Waals surface area (Å²) in [7, 11) is 0. The molecule has 0 aromatic carbocycles. The molecule has 1 aromatic rings. The van der Waals surface area contributed by atoms with Gasteiger partial charge < -0.3 is 10.1 Å². The number of hydrogen-bond acceptors (Lipinski definition) is 6. The summed E-state index contributed by atoms with van der Waals surface area (Å²) in [6, 6.07) is 2.28. The Hall–Kier alpha value is -1.73. The number of pyridine rings is 1. The minimum atomic E-state index is -0.419. The Morgan fingerprint density at radius 2 is 2.50 bits per heavy atom. The number of nitrogens with zero attached hydrogens (tertiary/aromatic N) is 3. The molecule has 7 nitrogen and oxygen atoms in total. The monoisotopic (exact) mass is 280 g/mol. The Balaban J connectivity index is 1.96. The Morgan fingerprint density at radius 3 is 3.20 bits per heavy atom. The maximum atomic E-state index is 10.9. The molecule has 1 N–H and O–H groups in total. The van der Waals surface area contributed by atoms with Crippen LogP contribution >= 0.6 is 0 Å². The quantitative estimate of drug-likeness (QED) is 0.650. The van der Waals surface area contributed by atoms with Crippen LogP contribution in [0.5, 0.6) is 0 Å². The fraction of sp³-hybridized carbons (Fsp3) is 0.615. The number of hydrogen-bond donors (Lipinski definition) is 1. The molecule has 1 saturated heterocycles. The van der Waals surface area contributed by atoms with E-state index in [9.17, 15) is 10.1 Å². The van der Waals surface area contributed by atoms with Gasteiger partial charge in [0.05, 0.1) is 18.1 Å². The summed E-state index contributed by atoms with van der Waals surface area (Å²) in [4.78, 5) is 16.6. The molecule has 7 heteroatoms. The van der Waals surface area contributed by atoms with Crippen molar-refractivity contribution >= 4 is 11.4 Å². The molecule has 2 rings (SSSR count). The molecule has 110 valence electrons. The van der Waals surface area contributed by atoms with Crippen molar-refractivity contribution in [3.05, 3.63) is 28.6 Å². The van der Waals surface area contributed by atoms with Crippen LogP contribution in [0.15, 0.2) is 18.5 Å². The maximum Gasteiger partial charge on any atom is 0.310 e. The summed E-state index contributed by atoms with van der Waals surface area (Å²) < 4.78 is 5.42. The van der Waals surface area contributed by atoms with Gasteiger partial charge in [0.1, 0.15) is 11.9 Å². The lowest BCUT2D eigenvalue weighted by atomic mass is 10.2. The van der Waals surface area contributed by atoms with Gasteiger partial charge in [0.15, 0.2) is 0 Å². The van der Waals surface area contributed by atoms with Crippen LogP contribution in [-0.4, -0.2) is 53.2 Å². The van der Waals surface area contributed by atoms with Gasteiger partial charge in [-0.2, -0.15) is 0 Å². The first kappa shape index (κ1) is 14.7. The van der Waals surface area contributed by atoms with Crippen LogP contribution in [-0.2, 0) is 4.74 Å². The summed E-state index contributed by atoms with van der Waals surface area (Å²) in [6.45, 7) is 7.26. The van der Waals surface area contributed by atoms with Gasteiger partial charge in [-0.1, -0.05) is 0 Å². The summed E-state index contributed by atoms with van der Waals surface area (Å²) in [6.07, 6.45) is 2.82. The second kappa shape index (κ2) is 6.62. The van der Waals surface area contributed by atoms with E-state index in [1.807, 2.05) is 0 Å². The number of nitro groups is 1. The highest BCUT2D eigenvalue weighted by molar-refractivity contribution is 5.59. The molecule has 1 fully saturated rings. The molecule has 1 aromatic heterocycles. The molecule has 2 atom stereocenters. The predicted octanol–water partition coefficient (Wildman–Crippen LogP) is 1.51. The molecule has 0 spiro atoms. The number of aromatic nitrogens is 1. The van der Waals surface area contributed by atoms with Crippen molar-refractivity contribution in [3.8, 4) is 0 Å². The predicted molar refractivity (Wildman–Crippen MR) is 75.8 cm³/mol. The van der Waals surface area contributed by atoms with Crippen LogP contribution in [0.3, 0.4) is 0 Å². The number of ether oxygens (including phenoxy) is 1. The number of morpholine rings is 1. The van der Waals surface area contributed by atoms with Crippen molar-refractivity contribution in [2.24, 2.45) is 0 Å². The second-order valence-corrected chi connectivity index (χ2v) is 5.04. The van der Waals surface area contributed by atoms with E-state index in [-0.39, 0.29) is 11.7 Å². The van der Waals surface area contributed by atoms with Crippen molar-refractivity contribution in [2.75, 3.05) is 31.6 Å². The zero-order valence-corrected chi connectivity index (χ0v) is 11.8. The van der Waals surface area contributed by atoms with E-state index in [2.05, 4.69) is 29.0 Å². The van der Waals surface area contributed by atoms with Crippen LogP contribution < -0.4 is 5.32 Å². The third kappa shape index (κ3) is 3.43. The second-order valence-electron chi connectivity index (χ2n) is 5.04. The molecule has 0 amide bonds. The lowest BCUT2D eigenvalue weighted by molar-refractivity contribution is -0.384. The van der Waals surface area contributed by atoms with E-state index in [1.54, 1.807) is 12.3 Å². The Bertz CT molecular complexity index is 469. The van der Waals surface area contributed by atoms with Crippen LogP contribution in [0, 0.1) is 10.1 Å². The van der Waals surface area contributed by atoms with Gasteiger partial charge in [-0.05, 0) is 19.9 Å². The number of anilines is 1. The van der Waals surface area contributed by atoms with Gasteiger partial charge in [0, 0.05) is 31.4 Å². The average molecular weight is 280 g/mol. The van der Waals surface area contributed by atoms with Crippen LogP contribution in [0.4, 0.5) is 11.4 Å². The smallest absolute Gasteiger partial charge is 0.310 e. The third-order valence-corrected chi connectivity index (χ3v) is 3.57. The molecular weight excluding hydrogens is 260 g/mol. The van der Waals surface area contributed by atoms with E-state index < -0.39 is 4.92 Å². The van der Waals surface area contributed by atoms with Gasteiger partial charge in [0.2, 0.25) is 0 Å². The van der Waals surface area contributed by atoms with E-state index >= 15 is 0 Å². The molecule has 20 heavy (non-hydrogen) atoms. The summed E-state index contributed by atoms with van der Waals surface area (Å²) in [5.74, 6) is 0. The summed E-state index contributed by atoms with van der Waals surface area (Å²) in [5.41, 5.74) is 0.521. The van der Waals surface area contributed by atoms with Gasteiger partial charge >= 0.3 is 5.69 Å². The Labute approximate surface area is 118 Å². The lowest BCUT2D eigenvalue weighted by Crippen LogP contribution is -2.50. The summed E-state index contributed by atoms with van der Waals surface area (Å²) in [5, 5.41) is 14.1. The molecular formula is C13H20N4O3. The lowest BCUT2D eigenvalue weighted by Gasteiger charge is -2.38. The molecule has 1 aliphatic rings. The van der Waals surface area contributed by atoms with Gasteiger partial charge in [-0.15, -0.1) is 0 Å². The van der Waals surface area contributed by atoms with E-state index in [0.29, 0.717) is 18.3 Å². The standard InChI is InChI=1S/C13H20N4O3/c1-10(16-5-6-20-9-11(16)2)7-15-12-3-4-14-8-13(12)17(18)19/h3-4,8,10-11H,5-7,9H2,1-2H3,(H,14,15)/t10-,11-/m1/s1. The minimum Gasteiger partial charge on any atom is -0.379 e. The minimum absolute atomic E-state index is 0.00901. The zero-order chi connectivity index (χ0) is 14.5. The van der Waals surface area contributed by atoms with Gasteiger partial charge in [0.25, 0.3) is 0 Å². The topological polar surface area (TPSA) is 80.5 Å². The molecule has 1 aliphatic heterocycles. The molecule has 0 radical (unpaired) electrons. The van der Waals surface area contributed by atoms with Crippen molar-refractivity contribution in [2.45, 2.75) is 25.9 Å². The molecule has 0 saturated carbocycles. The van der Waals surface area contributed by atoms with Crippen LogP contribution in [0.25, 0.3) is 0 Å². The first-order chi connectivity index (χ1) is 9.59. The molecule has 2 heterocycles. The SMILES string of the molecule is C[C@H](CNc1ccncc1[N+](=O)[O-])N1CCOC[C@H]1C. The largest absolute Gasteiger partial charge is 0.379 e. The van der Waals surface area contributed by atoms with Gasteiger partial charge in [-0.25, -0.2) is 0 Å². The molecule has 0 bridgehead atoms. The zero-order valence-electron chi connectivity index (χ0n) is 11.8. The molecule has 0 unspecified atom stereocenters. The van der Waals surface area contributed by atoms with Crippen LogP contribution in [0.2, 0.25) is 0 Å². The normalized spacial score (nSPS) is 21.4. The Kier molecular flexibility index (Phi) is 4.86. The average Bonchev–Trinajstić information content (AvgIpc) is 2.45. The maximum absolute atomic E-state index is 10.9. The summed E-state index contributed by atoms with van der Waals surface area (Å²) >= 11 is 0. The first-order valence-electron chi connectivity index (χ1n) is 6.75. The van der Waals surface area contributed by atoms with E-state index in [1.165, 1.54) is 6.20 Å². The van der Waals surface area contributed by atoms with E-state index in [4.69, 9.17) is 4.74 Å². The number of rotatable bonds is 5. The van der Waals surface area contributed by atoms with Crippen molar-refractivity contribution in [3.63, 3.8) is 0 Å². The highest BCUT2D eigenvalue weighted by Crippen LogP contribution is 2.22. The van der Waals surface area contributed by atoms with Crippen molar-refractivity contribution in [1.82, 2.24) is 9.88 Å².